The summed E-state index contributed by atoms with van der Waals surface area (Å²) in [6, 6.07) is -0.463. The first-order chi connectivity index (χ1) is 13.4. The highest BCUT2D eigenvalue weighted by Crippen LogP contribution is 2.66. The fraction of sp³-hybridized carbons (Fsp3) is 0.850. The van der Waals surface area contributed by atoms with Crippen LogP contribution in [-0.2, 0) is 33.3 Å². The minimum Gasteiger partial charge on any atom is -0.454 e. The number of piperidine rings is 1. The van der Waals surface area contributed by atoms with Gasteiger partial charge in [0.25, 0.3) is 0 Å². The van der Waals surface area contributed by atoms with Crippen molar-refractivity contribution in [2.24, 2.45) is 10.8 Å². The zero-order valence-corrected chi connectivity index (χ0v) is 17.4. The van der Waals surface area contributed by atoms with E-state index in [2.05, 4.69) is 0 Å². The maximum atomic E-state index is 13.5. The number of hydrogen-bond donors (Lipinski definition) is 0. The van der Waals surface area contributed by atoms with Crippen LogP contribution >= 0.6 is 0 Å². The summed E-state index contributed by atoms with van der Waals surface area (Å²) in [6.07, 6.45) is -1.22. The van der Waals surface area contributed by atoms with Crippen LogP contribution in [0.15, 0.2) is 0 Å². The van der Waals surface area contributed by atoms with E-state index in [4.69, 9.17) is 23.7 Å². The molecule has 0 spiro atoms. The molecule has 160 valence electrons. The van der Waals surface area contributed by atoms with Crippen molar-refractivity contribution >= 4 is 18.0 Å². The smallest absolute Gasteiger partial charge is 0.410 e. The van der Waals surface area contributed by atoms with Crippen LogP contribution in [0.5, 0.6) is 0 Å². The Bertz CT molecular complexity index is 808. The third kappa shape index (κ3) is 2.20. The predicted molar refractivity (Wildman–Crippen MR) is 95.5 cm³/mol. The Morgan fingerprint density at radius 3 is 2.45 bits per heavy atom. The molecular weight excluding hydrogens is 382 g/mol. The molecule has 29 heavy (non-hydrogen) atoms. The van der Waals surface area contributed by atoms with Crippen LogP contribution < -0.4 is 0 Å². The summed E-state index contributed by atoms with van der Waals surface area (Å²) in [5, 5.41) is 0. The lowest BCUT2D eigenvalue weighted by Crippen LogP contribution is -2.62. The Balaban J connectivity index is 1.46. The van der Waals surface area contributed by atoms with Crippen molar-refractivity contribution in [2.75, 3.05) is 13.2 Å². The molecule has 0 aromatic rings. The molecule has 0 unspecified atom stereocenters. The van der Waals surface area contributed by atoms with Gasteiger partial charge < -0.3 is 23.7 Å². The molecule has 0 aromatic heterocycles. The molecule has 9 heteroatoms. The highest BCUT2D eigenvalue weighted by Gasteiger charge is 2.77. The van der Waals surface area contributed by atoms with E-state index < -0.39 is 58.6 Å². The molecule has 4 aliphatic heterocycles. The van der Waals surface area contributed by atoms with Crippen LogP contribution in [0.4, 0.5) is 4.79 Å². The van der Waals surface area contributed by atoms with Gasteiger partial charge >= 0.3 is 18.0 Å². The lowest BCUT2D eigenvalue weighted by molar-refractivity contribution is -0.200. The van der Waals surface area contributed by atoms with E-state index in [9.17, 15) is 14.4 Å². The Morgan fingerprint density at radius 2 is 1.83 bits per heavy atom. The van der Waals surface area contributed by atoms with Crippen LogP contribution in [-0.4, -0.2) is 71.8 Å². The van der Waals surface area contributed by atoms with E-state index in [0.717, 1.165) is 0 Å². The van der Waals surface area contributed by atoms with E-state index in [1.807, 2.05) is 20.8 Å². The monoisotopic (exact) mass is 409 g/mol. The quantitative estimate of drug-likeness (QED) is 0.498. The number of nitrogens with zero attached hydrogens (tertiary/aromatic N) is 1. The second-order valence-corrected chi connectivity index (χ2v) is 9.98. The number of rotatable bonds is 2. The van der Waals surface area contributed by atoms with Crippen LogP contribution in [0.25, 0.3) is 0 Å². The topological polar surface area (TPSA) is 101 Å². The molecule has 1 amide bonds. The average Bonchev–Trinajstić information content (AvgIpc) is 3.24. The molecule has 9 nitrogen and oxygen atoms in total. The third-order valence-electron chi connectivity index (χ3n) is 7.97. The molecule has 0 aromatic carbocycles. The summed E-state index contributed by atoms with van der Waals surface area (Å²) in [7, 11) is 0. The molecule has 2 bridgehead atoms. The van der Waals surface area contributed by atoms with E-state index in [1.165, 1.54) is 4.90 Å². The molecule has 0 radical (unpaired) electrons. The molecule has 5 aliphatic rings. The number of carbonyl (C=O) groups is 3. The summed E-state index contributed by atoms with van der Waals surface area (Å²) in [6.45, 7) is 9.60. The molecular formula is C20H27NO8. The van der Waals surface area contributed by atoms with Gasteiger partial charge in [-0.25, -0.2) is 9.59 Å². The van der Waals surface area contributed by atoms with Gasteiger partial charge in [0.2, 0.25) is 5.60 Å². The molecule has 0 N–H and O–H groups in total. The summed E-state index contributed by atoms with van der Waals surface area (Å²) in [4.78, 5) is 39.7. The van der Waals surface area contributed by atoms with Gasteiger partial charge in [0.05, 0.1) is 12.0 Å². The van der Waals surface area contributed by atoms with E-state index >= 15 is 0 Å². The van der Waals surface area contributed by atoms with Gasteiger partial charge in [-0.05, 0) is 33.6 Å². The molecule has 4 heterocycles. The molecule has 1 aliphatic carbocycles. The van der Waals surface area contributed by atoms with Crippen molar-refractivity contribution in [3.63, 3.8) is 0 Å². The zero-order chi connectivity index (χ0) is 21.0. The molecule has 4 saturated heterocycles. The van der Waals surface area contributed by atoms with E-state index in [-0.39, 0.29) is 12.6 Å². The van der Waals surface area contributed by atoms with Crippen molar-refractivity contribution in [3.05, 3.63) is 0 Å². The Hall–Kier alpha value is -1.87. The first-order valence-electron chi connectivity index (χ1n) is 10.2. The number of carbonyl (C=O) groups excluding carboxylic acids is 3. The van der Waals surface area contributed by atoms with Gasteiger partial charge in [-0.15, -0.1) is 0 Å². The maximum absolute atomic E-state index is 13.5. The molecule has 5 rings (SSSR count). The van der Waals surface area contributed by atoms with Crippen molar-refractivity contribution in [1.29, 1.82) is 0 Å². The predicted octanol–water partition coefficient (Wildman–Crippen LogP) is 1.37. The van der Waals surface area contributed by atoms with Crippen LogP contribution in [0, 0.1) is 10.8 Å². The highest BCUT2D eigenvalue weighted by molar-refractivity contribution is 5.93. The van der Waals surface area contributed by atoms with Crippen molar-refractivity contribution in [1.82, 2.24) is 4.90 Å². The summed E-state index contributed by atoms with van der Waals surface area (Å²) < 4.78 is 28.8. The fourth-order valence-electron chi connectivity index (χ4n) is 5.71. The second-order valence-electron chi connectivity index (χ2n) is 9.98. The minimum absolute atomic E-state index is 0.109. The average molecular weight is 409 g/mol. The lowest BCUT2D eigenvalue weighted by atomic mass is 9.66. The van der Waals surface area contributed by atoms with Crippen LogP contribution in [0.1, 0.15) is 47.5 Å². The van der Waals surface area contributed by atoms with Gasteiger partial charge in [0.15, 0.2) is 11.9 Å². The van der Waals surface area contributed by atoms with Gasteiger partial charge in [0, 0.05) is 5.41 Å². The van der Waals surface area contributed by atoms with Crippen molar-refractivity contribution in [2.45, 2.75) is 83.2 Å². The highest BCUT2D eigenvalue weighted by atomic mass is 16.8. The fourth-order valence-corrected chi connectivity index (χ4v) is 5.71. The Kier molecular flexibility index (Phi) is 3.58. The van der Waals surface area contributed by atoms with Gasteiger partial charge in [-0.2, -0.15) is 0 Å². The largest absolute Gasteiger partial charge is 0.454 e. The first-order valence-corrected chi connectivity index (χ1v) is 10.2. The van der Waals surface area contributed by atoms with E-state index in [1.54, 1.807) is 13.8 Å². The number of fused-ring (bicyclic) bond motifs is 4. The van der Waals surface area contributed by atoms with Crippen molar-refractivity contribution < 1.29 is 38.1 Å². The number of hydrogen-bond acceptors (Lipinski definition) is 8. The lowest BCUT2D eigenvalue weighted by Gasteiger charge is -2.41. The summed E-state index contributed by atoms with van der Waals surface area (Å²) in [5.41, 5.74) is -2.78. The van der Waals surface area contributed by atoms with Crippen LogP contribution in [0.2, 0.25) is 0 Å². The standard InChI is InChI=1S/C20H27NO8/c1-17(2)19(5)6-7-20(17,29-14(19)22)15(23)26-12-10-9-25-16(24)21(10)8-11-13(12)28-18(3,4)27-11/h10-13H,6-9H2,1-5H3/t10-,11-,12-,13-,19+,20-/m1/s1. The molecule has 6 atom stereocenters. The number of amides is 1. The SMILES string of the molecule is CC1(C)O[C@H]2[C@H](OC(=O)[C@@]34CC[C@@](C)(C(=O)O3)C4(C)C)[C@H]3COC(=O)N3C[C@H]2O1. The van der Waals surface area contributed by atoms with Crippen LogP contribution in [0.3, 0.4) is 0 Å². The second kappa shape index (κ2) is 5.43. The van der Waals surface area contributed by atoms with Gasteiger partial charge in [-0.1, -0.05) is 13.8 Å². The molecule has 1 saturated carbocycles. The number of ether oxygens (including phenoxy) is 5. The maximum Gasteiger partial charge on any atom is 0.410 e. The minimum atomic E-state index is -1.34. The zero-order valence-electron chi connectivity index (χ0n) is 17.4. The molecule has 5 fully saturated rings. The number of cyclic esters (lactones) is 1. The van der Waals surface area contributed by atoms with Gasteiger partial charge in [0.1, 0.15) is 24.9 Å². The van der Waals surface area contributed by atoms with E-state index in [0.29, 0.717) is 19.4 Å². The van der Waals surface area contributed by atoms with Gasteiger partial charge in [-0.3, -0.25) is 9.69 Å². The van der Waals surface area contributed by atoms with Crippen molar-refractivity contribution in [3.8, 4) is 0 Å². The normalized spacial score (nSPS) is 46.2. The third-order valence-corrected chi connectivity index (χ3v) is 7.97. The summed E-state index contributed by atoms with van der Waals surface area (Å²) in [5.74, 6) is -1.81. The Labute approximate surface area is 168 Å². The number of esters is 2. The summed E-state index contributed by atoms with van der Waals surface area (Å²) >= 11 is 0. The first kappa shape index (κ1) is 19.1. The Morgan fingerprint density at radius 1 is 1.10 bits per heavy atom.